The van der Waals surface area contributed by atoms with Crippen molar-refractivity contribution in [3.8, 4) is 0 Å². The molecule has 0 saturated heterocycles. The van der Waals surface area contributed by atoms with Crippen LogP contribution in [0, 0.1) is 0 Å². The van der Waals surface area contributed by atoms with E-state index in [4.69, 9.17) is 0 Å². The van der Waals surface area contributed by atoms with Gasteiger partial charge >= 0.3 is 11.9 Å². The summed E-state index contributed by atoms with van der Waals surface area (Å²) in [7, 11) is 2.46. The van der Waals surface area contributed by atoms with E-state index in [9.17, 15) is 9.59 Å². The molecule has 6 heteroatoms. The molecular weight excluding hydrogens is 272 g/mol. The molecule has 0 saturated carbocycles. The Morgan fingerprint density at radius 1 is 1.10 bits per heavy atom. The number of ether oxygens (including phenoxy) is 2. The van der Waals surface area contributed by atoms with Crippen LogP contribution < -0.4 is 0 Å². The topological polar surface area (TPSA) is 70.4 Å². The minimum atomic E-state index is -0.692. The highest BCUT2D eigenvalue weighted by atomic mass is 16.5. The molecular formula is C15H14N2O4. The predicted octanol–water partition coefficient (Wildman–Crippen LogP) is 2.08. The molecule has 0 atom stereocenters. The molecule has 2 aromatic rings. The van der Waals surface area contributed by atoms with Crippen LogP contribution in [0.1, 0.15) is 26.5 Å². The Labute approximate surface area is 121 Å². The minimum Gasteiger partial charge on any atom is -0.464 e. The average molecular weight is 286 g/mol. The molecule has 6 nitrogen and oxygen atoms in total. The Morgan fingerprint density at radius 3 is 2.38 bits per heavy atom. The Kier molecular flexibility index (Phi) is 4.50. The molecule has 21 heavy (non-hydrogen) atoms. The number of methoxy groups -OCH3 is 2. The van der Waals surface area contributed by atoms with Crippen molar-refractivity contribution in [2.24, 2.45) is 0 Å². The number of carbonyl (C=O) groups is 2. The zero-order valence-corrected chi connectivity index (χ0v) is 11.6. The lowest BCUT2D eigenvalue weighted by Gasteiger charge is -2.03. The molecule has 0 spiro atoms. The van der Waals surface area contributed by atoms with Crippen molar-refractivity contribution in [1.82, 2.24) is 9.55 Å². The maximum absolute atomic E-state index is 11.8. The number of imidazole rings is 1. The van der Waals surface area contributed by atoms with Gasteiger partial charge in [-0.05, 0) is 11.6 Å². The third-order valence-electron chi connectivity index (χ3n) is 2.78. The van der Waals surface area contributed by atoms with Crippen molar-refractivity contribution in [3.05, 3.63) is 53.6 Å². The predicted molar refractivity (Wildman–Crippen MR) is 76.6 cm³/mol. The van der Waals surface area contributed by atoms with Crippen LogP contribution >= 0.6 is 0 Å². The fraction of sp³-hybridized carbons (Fsp3) is 0.133. The first-order chi connectivity index (χ1) is 10.2. The number of hydrogen-bond donors (Lipinski definition) is 0. The fourth-order valence-electron chi connectivity index (χ4n) is 1.75. The second-order valence-corrected chi connectivity index (χ2v) is 4.06. The molecule has 108 valence electrons. The van der Waals surface area contributed by atoms with Crippen molar-refractivity contribution < 1.29 is 19.1 Å². The van der Waals surface area contributed by atoms with Crippen LogP contribution in [0.3, 0.4) is 0 Å². The minimum absolute atomic E-state index is 0.0246. The van der Waals surface area contributed by atoms with Gasteiger partial charge in [-0.25, -0.2) is 14.6 Å². The molecule has 0 aliphatic carbocycles. The van der Waals surface area contributed by atoms with E-state index in [1.165, 1.54) is 25.1 Å². The van der Waals surface area contributed by atoms with E-state index in [1.54, 1.807) is 12.3 Å². The van der Waals surface area contributed by atoms with Crippen LogP contribution in [-0.4, -0.2) is 35.7 Å². The molecule has 0 N–H and O–H groups in total. The third-order valence-corrected chi connectivity index (χ3v) is 2.78. The van der Waals surface area contributed by atoms with Crippen molar-refractivity contribution in [2.45, 2.75) is 0 Å². The number of carbonyl (C=O) groups excluding carboxylic acids is 2. The van der Waals surface area contributed by atoms with Crippen LogP contribution in [-0.2, 0) is 9.47 Å². The van der Waals surface area contributed by atoms with Crippen LogP contribution in [0.15, 0.2) is 36.7 Å². The highest BCUT2D eigenvalue weighted by Crippen LogP contribution is 2.12. The van der Waals surface area contributed by atoms with Gasteiger partial charge in [-0.3, -0.25) is 4.57 Å². The molecule has 0 aliphatic heterocycles. The highest BCUT2D eigenvalue weighted by Gasteiger charge is 2.24. The number of hydrogen-bond acceptors (Lipinski definition) is 5. The van der Waals surface area contributed by atoms with Gasteiger partial charge in [0.05, 0.1) is 14.2 Å². The summed E-state index contributed by atoms with van der Waals surface area (Å²) in [5, 5.41) is 0. The van der Waals surface area contributed by atoms with Gasteiger partial charge in [0.25, 0.3) is 0 Å². The zero-order valence-electron chi connectivity index (χ0n) is 11.6. The maximum Gasteiger partial charge on any atom is 0.359 e. The Morgan fingerprint density at radius 2 is 1.76 bits per heavy atom. The van der Waals surface area contributed by atoms with Gasteiger partial charge in [-0.2, -0.15) is 0 Å². The van der Waals surface area contributed by atoms with Gasteiger partial charge in [0.15, 0.2) is 11.4 Å². The van der Waals surface area contributed by atoms with E-state index in [1.807, 2.05) is 30.3 Å². The van der Waals surface area contributed by atoms with Crippen molar-refractivity contribution in [3.63, 3.8) is 0 Å². The molecule has 1 aromatic heterocycles. The normalized spacial score (nSPS) is 10.6. The quantitative estimate of drug-likeness (QED) is 0.805. The van der Waals surface area contributed by atoms with Gasteiger partial charge in [0.1, 0.15) is 6.33 Å². The first kappa shape index (κ1) is 14.5. The van der Waals surface area contributed by atoms with Gasteiger partial charge in [-0.1, -0.05) is 30.3 Å². The smallest absolute Gasteiger partial charge is 0.359 e. The highest BCUT2D eigenvalue weighted by molar-refractivity contribution is 6.01. The average Bonchev–Trinajstić information content (AvgIpc) is 2.96. The number of nitrogens with zero attached hydrogens (tertiary/aromatic N) is 2. The Hall–Kier alpha value is -2.89. The molecule has 1 aromatic carbocycles. The first-order valence-corrected chi connectivity index (χ1v) is 6.14. The molecule has 0 amide bonds. The monoisotopic (exact) mass is 286 g/mol. The molecule has 0 bridgehead atoms. The van der Waals surface area contributed by atoms with Crippen LogP contribution in [0.4, 0.5) is 0 Å². The van der Waals surface area contributed by atoms with Crippen molar-refractivity contribution in [2.75, 3.05) is 14.2 Å². The van der Waals surface area contributed by atoms with Crippen LogP contribution in [0.25, 0.3) is 12.3 Å². The van der Waals surface area contributed by atoms with Gasteiger partial charge in [0.2, 0.25) is 0 Å². The van der Waals surface area contributed by atoms with Crippen LogP contribution in [0.2, 0.25) is 0 Å². The van der Waals surface area contributed by atoms with E-state index >= 15 is 0 Å². The summed E-state index contributed by atoms with van der Waals surface area (Å²) < 4.78 is 10.7. The van der Waals surface area contributed by atoms with Crippen molar-refractivity contribution in [1.29, 1.82) is 0 Å². The van der Waals surface area contributed by atoms with Crippen molar-refractivity contribution >= 4 is 24.2 Å². The second-order valence-electron chi connectivity index (χ2n) is 4.06. The van der Waals surface area contributed by atoms with E-state index < -0.39 is 11.9 Å². The maximum atomic E-state index is 11.8. The van der Waals surface area contributed by atoms with E-state index in [0.717, 1.165) is 5.56 Å². The lowest BCUT2D eigenvalue weighted by atomic mass is 10.2. The van der Waals surface area contributed by atoms with Gasteiger partial charge in [0, 0.05) is 6.20 Å². The molecule has 0 radical (unpaired) electrons. The SMILES string of the molecule is COC(=O)c1ncn(C=Cc2ccccc2)c1C(=O)OC. The largest absolute Gasteiger partial charge is 0.464 e. The second kappa shape index (κ2) is 6.51. The number of aromatic nitrogens is 2. The van der Waals surface area contributed by atoms with Crippen LogP contribution in [0.5, 0.6) is 0 Å². The van der Waals surface area contributed by atoms with E-state index in [0.29, 0.717) is 0 Å². The standard InChI is InChI=1S/C15H14N2O4/c1-20-14(18)12-13(15(19)21-2)17(10-16-12)9-8-11-6-4-3-5-7-11/h3-10H,1-2H3. The van der Waals surface area contributed by atoms with E-state index in [2.05, 4.69) is 14.5 Å². The lowest BCUT2D eigenvalue weighted by molar-refractivity contribution is 0.0546. The van der Waals surface area contributed by atoms with Gasteiger partial charge in [-0.15, -0.1) is 0 Å². The fourth-order valence-corrected chi connectivity index (χ4v) is 1.75. The number of benzene rings is 1. The molecule has 1 heterocycles. The molecule has 2 rings (SSSR count). The summed E-state index contributed by atoms with van der Waals surface area (Å²) in [5.74, 6) is -1.35. The summed E-state index contributed by atoms with van der Waals surface area (Å²) in [5.41, 5.74) is 0.889. The Bertz CT molecular complexity index is 674. The number of esters is 2. The lowest BCUT2D eigenvalue weighted by Crippen LogP contribution is -2.14. The summed E-state index contributed by atoms with van der Waals surface area (Å²) in [4.78, 5) is 27.3. The third kappa shape index (κ3) is 3.17. The molecule has 0 fully saturated rings. The summed E-state index contributed by atoms with van der Waals surface area (Å²) >= 11 is 0. The summed E-state index contributed by atoms with van der Waals surface area (Å²) in [6.45, 7) is 0. The number of rotatable bonds is 4. The van der Waals surface area contributed by atoms with Gasteiger partial charge < -0.3 is 9.47 Å². The summed E-state index contributed by atoms with van der Waals surface area (Å²) in [6.07, 6.45) is 4.77. The summed E-state index contributed by atoms with van der Waals surface area (Å²) in [6, 6.07) is 9.52. The zero-order chi connectivity index (χ0) is 15.2. The first-order valence-electron chi connectivity index (χ1n) is 6.14. The van der Waals surface area contributed by atoms with E-state index in [-0.39, 0.29) is 11.4 Å². The molecule has 0 unspecified atom stereocenters. The Balaban J connectivity index is 2.40. The molecule has 0 aliphatic rings.